The van der Waals surface area contributed by atoms with Crippen molar-refractivity contribution in [1.82, 2.24) is 9.88 Å². The van der Waals surface area contributed by atoms with Gasteiger partial charge in [0.05, 0.1) is 22.9 Å². The van der Waals surface area contributed by atoms with Crippen LogP contribution in [0.3, 0.4) is 0 Å². The van der Waals surface area contributed by atoms with Crippen molar-refractivity contribution in [2.24, 2.45) is 0 Å². The predicted molar refractivity (Wildman–Crippen MR) is 134 cm³/mol. The number of imide groups is 2. The summed E-state index contributed by atoms with van der Waals surface area (Å²) in [5, 5.41) is 11.5. The summed E-state index contributed by atoms with van der Waals surface area (Å²) < 4.78 is 7.22. The van der Waals surface area contributed by atoms with E-state index >= 15 is 0 Å². The highest BCUT2D eigenvalue weighted by Gasteiger charge is 2.37. The first kappa shape index (κ1) is 24.7. The van der Waals surface area contributed by atoms with E-state index in [2.05, 4.69) is 5.32 Å². The molecule has 10 heteroatoms. The summed E-state index contributed by atoms with van der Waals surface area (Å²) in [6.07, 6.45) is 1.43. The molecular formula is C26H22ClN3O6. The molecule has 0 unspecified atom stereocenters. The van der Waals surface area contributed by atoms with Crippen LogP contribution in [0.1, 0.15) is 34.2 Å². The minimum absolute atomic E-state index is 0.0197. The molecule has 3 aromatic rings. The van der Waals surface area contributed by atoms with Crippen LogP contribution < -0.4 is 15.0 Å². The standard InChI is InChI=1S/C26H22ClN3O6/c1-4-36-19-8-5-17(6-9-19)30-24(32)21(23(31)28-26(30)35)12-16-11-14(2)29(15(16)3)18-7-10-20(25(33)34)22(27)13-18/h5-13H,4H2,1-3H3,(H,33,34)(H,28,31,35)/b21-12+. The van der Waals surface area contributed by atoms with Gasteiger partial charge in [-0.05, 0) is 80.9 Å². The second kappa shape index (κ2) is 9.71. The zero-order valence-electron chi connectivity index (χ0n) is 19.7. The molecule has 2 aromatic carbocycles. The van der Waals surface area contributed by atoms with Gasteiger partial charge in [-0.25, -0.2) is 14.5 Å². The molecule has 0 atom stereocenters. The zero-order valence-corrected chi connectivity index (χ0v) is 20.4. The van der Waals surface area contributed by atoms with Gasteiger partial charge in [0.15, 0.2) is 0 Å². The summed E-state index contributed by atoms with van der Waals surface area (Å²) in [6.45, 7) is 5.93. The molecule has 1 aromatic heterocycles. The molecule has 1 aliphatic heterocycles. The van der Waals surface area contributed by atoms with Crippen molar-refractivity contribution in [3.8, 4) is 11.4 Å². The van der Waals surface area contributed by atoms with Crippen molar-refractivity contribution in [2.45, 2.75) is 20.8 Å². The molecular weight excluding hydrogens is 486 g/mol. The number of ether oxygens (including phenoxy) is 1. The van der Waals surface area contributed by atoms with Crippen molar-refractivity contribution in [1.29, 1.82) is 0 Å². The number of rotatable bonds is 6. The highest BCUT2D eigenvalue weighted by Crippen LogP contribution is 2.28. The van der Waals surface area contributed by atoms with Crippen molar-refractivity contribution in [3.05, 3.63) is 81.6 Å². The lowest BCUT2D eigenvalue weighted by atomic mass is 10.1. The number of barbiturate groups is 1. The fraction of sp³-hybridized carbons (Fsp3) is 0.154. The Labute approximate surface area is 211 Å². The highest BCUT2D eigenvalue weighted by atomic mass is 35.5. The number of aromatic carboxylic acids is 1. The smallest absolute Gasteiger partial charge is 0.337 e. The highest BCUT2D eigenvalue weighted by molar-refractivity contribution is 6.39. The Hall–Kier alpha value is -4.37. The van der Waals surface area contributed by atoms with Gasteiger partial charge in [0.1, 0.15) is 11.3 Å². The van der Waals surface area contributed by atoms with Gasteiger partial charge in [-0.2, -0.15) is 0 Å². The van der Waals surface area contributed by atoms with Crippen LogP contribution in [0.5, 0.6) is 5.75 Å². The van der Waals surface area contributed by atoms with E-state index in [0.717, 1.165) is 10.6 Å². The van der Waals surface area contributed by atoms with E-state index in [0.29, 0.717) is 29.3 Å². The maximum Gasteiger partial charge on any atom is 0.337 e. The first-order valence-corrected chi connectivity index (χ1v) is 11.4. The average molecular weight is 508 g/mol. The molecule has 0 spiro atoms. The Morgan fingerprint density at radius 1 is 1.06 bits per heavy atom. The quantitative estimate of drug-likeness (QED) is 0.374. The fourth-order valence-electron chi connectivity index (χ4n) is 4.05. The van der Waals surface area contributed by atoms with Gasteiger partial charge in [0.25, 0.3) is 11.8 Å². The number of carboxylic acid groups (broad SMARTS) is 1. The van der Waals surface area contributed by atoms with Crippen LogP contribution in [0.2, 0.25) is 5.02 Å². The summed E-state index contributed by atoms with van der Waals surface area (Å²) in [5.74, 6) is -2.11. The van der Waals surface area contributed by atoms with Gasteiger partial charge in [0, 0.05) is 17.1 Å². The Morgan fingerprint density at radius 2 is 1.72 bits per heavy atom. The first-order chi connectivity index (χ1) is 17.1. The molecule has 0 radical (unpaired) electrons. The number of amides is 4. The first-order valence-electron chi connectivity index (χ1n) is 11.0. The third-order valence-corrected chi connectivity index (χ3v) is 6.03. The normalized spacial score (nSPS) is 14.8. The Morgan fingerprint density at radius 3 is 2.33 bits per heavy atom. The predicted octanol–water partition coefficient (Wildman–Crippen LogP) is 4.51. The van der Waals surface area contributed by atoms with Crippen LogP contribution in [0, 0.1) is 13.8 Å². The Balaban J connectivity index is 1.71. The largest absolute Gasteiger partial charge is 0.494 e. The second-order valence-corrected chi connectivity index (χ2v) is 8.42. The number of anilines is 1. The number of nitrogens with zero attached hydrogens (tertiary/aromatic N) is 2. The van der Waals surface area contributed by atoms with Gasteiger partial charge in [-0.15, -0.1) is 0 Å². The number of hydrogen-bond donors (Lipinski definition) is 2. The van der Waals surface area contributed by atoms with Crippen molar-refractivity contribution in [3.63, 3.8) is 0 Å². The molecule has 2 N–H and O–H groups in total. The van der Waals surface area contributed by atoms with E-state index in [1.54, 1.807) is 43.3 Å². The molecule has 184 valence electrons. The zero-order chi connectivity index (χ0) is 26.1. The summed E-state index contributed by atoms with van der Waals surface area (Å²) in [4.78, 5) is 50.5. The number of carbonyl (C=O) groups excluding carboxylic acids is 3. The van der Waals surface area contributed by atoms with E-state index in [1.165, 1.54) is 18.2 Å². The lowest BCUT2D eigenvalue weighted by Crippen LogP contribution is -2.54. The van der Waals surface area contributed by atoms with Crippen LogP contribution in [0.25, 0.3) is 11.8 Å². The number of urea groups is 1. The maximum absolute atomic E-state index is 13.2. The lowest BCUT2D eigenvalue weighted by Gasteiger charge is -2.26. The molecule has 9 nitrogen and oxygen atoms in total. The molecule has 4 amide bonds. The summed E-state index contributed by atoms with van der Waals surface area (Å²) >= 11 is 6.15. The molecule has 36 heavy (non-hydrogen) atoms. The van der Waals surface area contributed by atoms with Crippen molar-refractivity contribution >= 4 is 47.2 Å². The summed E-state index contributed by atoms with van der Waals surface area (Å²) in [6, 6.07) is 11.9. The van der Waals surface area contributed by atoms with E-state index in [4.69, 9.17) is 16.3 Å². The minimum atomic E-state index is -1.13. The average Bonchev–Trinajstić information content (AvgIpc) is 3.10. The van der Waals surface area contributed by atoms with Crippen LogP contribution in [-0.2, 0) is 9.59 Å². The van der Waals surface area contributed by atoms with Crippen LogP contribution in [0.4, 0.5) is 10.5 Å². The van der Waals surface area contributed by atoms with Gasteiger partial charge in [-0.1, -0.05) is 11.6 Å². The maximum atomic E-state index is 13.2. The van der Waals surface area contributed by atoms with Crippen LogP contribution >= 0.6 is 11.6 Å². The van der Waals surface area contributed by atoms with E-state index < -0.39 is 23.8 Å². The van der Waals surface area contributed by atoms with Gasteiger partial charge < -0.3 is 14.4 Å². The number of carboxylic acids is 1. The van der Waals surface area contributed by atoms with E-state index in [1.807, 2.05) is 18.4 Å². The number of aryl methyl sites for hydroxylation is 1. The summed E-state index contributed by atoms with van der Waals surface area (Å²) in [5.41, 5.74) is 2.71. The monoisotopic (exact) mass is 507 g/mol. The van der Waals surface area contributed by atoms with Crippen molar-refractivity contribution in [2.75, 3.05) is 11.5 Å². The van der Waals surface area contributed by atoms with Crippen LogP contribution in [-0.4, -0.2) is 40.1 Å². The molecule has 1 fully saturated rings. The number of hydrogen-bond acceptors (Lipinski definition) is 5. The number of nitrogens with one attached hydrogen (secondary N) is 1. The third-order valence-electron chi connectivity index (χ3n) is 5.72. The molecule has 0 aliphatic carbocycles. The number of carbonyl (C=O) groups is 4. The van der Waals surface area contributed by atoms with E-state index in [9.17, 15) is 24.3 Å². The minimum Gasteiger partial charge on any atom is -0.494 e. The van der Waals surface area contributed by atoms with Gasteiger partial charge >= 0.3 is 12.0 Å². The number of halogens is 1. The fourth-order valence-corrected chi connectivity index (χ4v) is 4.31. The van der Waals surface area contributed by atoms with Gasteiger partial charge in [-0.3, -0.25) is 14.9 Å². The molecule has 4 rings (SSSR count). The van der Waals surface area contributed by atoms with Crippen LogP contribution in [0.15, 0.2) is 54.1 Å². The topological polar surface area (TPSA) is 118 Å². The second-order valence-electron chi connectivity index (χ2n) is 8.02. The number of benzene rings is 2. The molecule has 1 saturated heterocycles. The lowest BCUT2D eigenvalue weighted by molar-refractivity contribution is -0.122. The Bertz CT molecular complexity index is 1440. The molecule has 1 aliphatic rings. The Kier molecular flexibility index (Phi) is 6.67. The molecule has 2 heterocycles. The molecule has 0 saturated carbocycles. The van der Waals surface area contributed by atoms with Crippen molar-refractivity contribution < 1.29 is 29.0 Å². The van der Waals surface area contributed by atoms with Gasteiger partial charge in [0.2, 0.25) is 0 Å². The molecule has 0 bridgehead atoms. The summed E-state index contributed by atoms with van der Waals surface area (Å²) in [7, 11) is 0. The third kappa shape index (κ3) is 4.48. The SMILES string of the molecule is CCOc1ccc(N2C(=O)NC(=O)/C(=C\c3cc(C)n(-c4ccc(C(=O)O)c(Cl)c4)c3C)C2=O)cc1. The number of aromatic nitrogens is 1. The van der Waals surface area contributed by atoms with E-state index in [-0.39, 0.29) is 21.8 Å².